The normalized spacial score (nSPS) is 11.4. The summed E-state index contributed by atoms with van der Waals surface area (Å²) >= 11 is 12.9. The van der Waals surface area contributed by atoms with E-state index in [1.54, 1.807) is 43.7 Å². The van der Waals surface area contributed by atoms with Crippen LogP contribution in [-0.2, 0) is 6.61 Å². The molecule has 0 N–H and O–H groups in total. The van der Waals surface area contributed by atoms with E-state index in [0.29, 0.717) is 43.8 Å². The Kier molecular flexibility index (Phi) is 9.04. The summed E-state index contributed by atoms with van der Waals surface area (Å²) in [5.74, 6) is 2.18. The van der Waals surface area contributed by atoms with Crippen molar-refractivity contribution in [3.63, 3.8) is 0 Å². The van der Waals surface area contributed by atoms with E-state index < -0.39 is 0 Å². The summed E-state index contributed by atoms with van der Waals surface area (Å²) in [5.41, 5.74) is 4.40. The third-order valence-corrected chi connectivity index (χ3v) is 7.75. The van der Waals surface area contributed by atoms with E-state index >= 15 is 0 Å². The van der Waals surface area contributed by atoms with Gasteiger partial charge in [0.2, 0.25) is 0 Å². The van der Waals surface area contributed by atoms with Crippen LogP contribution in [0.4, 0.5) is 0 Å². The summed E-state index contributed by atoms with van der Waals surface area (Å²) in [4.78, 5) is 18.7. The second kappa shape index (κ2) is 12.9. The molecule has 0 radical (unpaired) electrons. The Morgan fingerprint density at radius 3 is 2.37 bits per heavy atom. The molecule has 0 aliphatic rings. The maximum atomic E-state index is 13.8. The van der Waals surface area contributed by atoms with E-state index in [2.05, 4.69) is 18.9 Å². The van der Waals surface area contributed by atoms with Gasteiger partial charge in [0, 0.05) is 16.1 Å². The highest BCUT2D eigenvalue weighted by Gasteiger charge is 2.19. The van der Waals surface area contributed by atoms with Gasteiger partial charge in [0.1, 0.15) is 12.4 Å². The number of aromatic nitrogens is 2. The van der Waals surface area contributed by atoms with Crippen LogP contribution in [0.15, 0.2) is 82.7 Å². The van der Waals surface area contributed by atoms with Crippen molar-refractivity contribution in [1.29, 1.82) is 0 Å². The number of ether oxygens (including phenoxy) is 3. The highest BCUT2D eigenvalue weighted by Crippen LogP contribution is 2.37. The van der Waals surface area contributed by atoms with Crippen LogP contribution in [0.3, 0.4) is 0 Å². The Hall–Kier alpha value is -4.33. The first-order chi connectivity index (χ1) is 20.7. The van der Waals surface area contributed by atoms with Crippen LogP contribution in [-0.4, -0.2) is 30.1 Å². The molecule has 0 aliphatic heterocycles. The van der Waals surface area contributed by atoms with Crippen LogP contribution in [0.25, 0.3) is 22.3 Å². The molecule has 43 heavy (non-hydrogen) atoms. The van der Waals surface area contributed by atoms with E-state index in [1.807, 2.05) is 49.4 Å². The number of fused-ring (bicyclic) bond motifs is 1. The second-order valence-corrected chi connectivity index (χ2v) is 11.1. The summed E-state index contributed by atoms with van der Waals surface area (Å²) in [6, 6.07) is 22.1. The van der Waals surface area contributed by atoms with Crippen molar-refractivity contribution >= 4 is 40.3 Å². The number of aryl methyl sites for hydroxylation is 1. The highest BCUT2D eigenvalue weighted by atomic mass is 35.5. The molecule has 0 bridgehead atoms. The van der Waals surface area contributed by atoms with Crippen molar-refractivity contribution in [3.05, 3.63) is 115 Å². The minimum absolute atomic E-state index is 0.187. The number of hydrogen-bond acceptors (Lipinski definition) is 6. The van der Waals surface area contributed by atoms with Crippen molar-refractivity contribution in [2.75, 3.05) is 14.2 Å². The van der Waals surface area contributed by atoms with E-state index in [9.17, 15) is 4.79 Å². The fourth-order valence-corrected chi connectivity index (χ4v) is 5.28. The summed E-state index contributed by atoms with van der Waals surface area (Å²) < 4.78 is 18.5. The molecule has 5 rings (SSSR count). The van der Waals surface area contributed by atoms with Gasteiger partial charge in [-0.25, -0.2) is 4.98 Å². The minimum Gasteiger partial charge on any atom is -0.496 e. The van der Waals surface area contributed by atoms with Gasteiger partial charge in [0.25, 0.3) is 5.56 Å². The van der Waals surface area contributed by atoms with E-state index in [4.69, 9.17) is 42.4 Å². The van der Waals surface area contributed by atoms with Gasteiger partial charge in [0.05, 0.1) is 36.4 Å². The molecule has 0 saturated heterocycles. The van der Waals surface area contributed by atoms with E-state index in [1.165, 1.54) is 11.8 Å². The Bertz CT molecular complexity index is 1900. The van der Waals surface area contributed by atoms with Gasteiger partial charge in [-0.1, -0.05) is 67.4 Å². The summed E-state index contributed by atoms with van der Waals surface area (Å²) in [6.45, 7) is 6.36. The highest BCUT2D eigenvalue weighted by molar-refractivity contribution is 6.32. The zero-order valence-electron chi connectivity index (χ0n) is 24.5. The number of halogens is 2. The molecule has 5 aromatic rings. The van der Waals surface area contributed by atoms with Crippen molar-refractivity contribution in [1.82, 2.24) is 9.66 Å². The molecule has 7 nitrogen and oxygen atoms in total. The molecule has 0 fully saturated rings. The molecule has 0 amide bonds. The van der Waals surface area contributed by atoms with Gasteiger partial charge in [-0.3, -0.25) is 4.79 Å². The van der Waals surface area contributed by atoms with Crippen LogP contribution in [0.1, 0.15) is 42.0 Å². The van der Waals surface area contributed by atoms with Crippen LogP contribution in [0.5, 0.6) is 17.2 Å². The fraction of sp³-hybridized carbons (Fsp3) is 0.206. The maximum absolute atomic E-state index is 13.8. The van der Waals surface area contributed by atoms with Crippen LogP contribution in [0.2, 0.25) is 10.0 Å². The Morgan fingerprint density at radius 2 is 1.65 bits per heavy atom. The predicted molar refractivity (Wildman–Crippen MR) is 174 cm³/mol. The molecule has 1 heterocycles. The predicted octanol–water partition coefficient (Wildman–Crippen LogP) is 8.28. The number of methoxy groups -OCH3 is 2. The molecule has 0 atom stereocenters. The van der Waals surface area contributed by atoms with Crippen molar-refractivity contribution in [3.8, 4) is 28.6 Å². The molecule has 0 saturated carbocycles. The molecule has 220 valence electrons. The average Bonchev–Trinajstić information content (AvgIpc) is 3.00. The van der Waals surface area contributed by atoms with E-state index in [-0.39, 0.29) is 18.1 Å². The summed E-state index contributed by atoms with van der Waals surface area (Å²) in [5, 5.41) is 6.00. The first-order valence-corrected chi connectivity index (χ1v) is 14.5. The zero-order valence-corrected chi connectivity index (χ0v) is 26.0. The molecular weight excluding hydrogens is 585 g/mol. The van der Waals surface area contributed by atoms with E-state index in [0.717, 1.165) is 28.0 Å². The van der Waals surface area contributed by atoms with Crippen molar-refractivity contribution in [2.45, 2.75) is 33.3 Å². The largest absolute Gasteiger partial charge is 0.496 e. The van der Waals surface area contributed by atoms with Crippen LogP contribution >= 0.6 is 23.2 Å². The van der Waals surface area contributed by atoms with Gasteiger partial charge in [-0.2, -0.15) is 9.78 Å². The number of rotatable bonds is 9. The molecule has 9 heteroatoms. The molecule has 4 aromatic carbocycles. The summed E-state index contributed by atoms with van der Waals surface area (Å²) in [7, 11) is 3.19. The Balaban J connectivity index is 1.59. The Morgan fingerprint density at radius 1 is 0.930 bits per heavy atom. The maximum Gasteiger partial charge on any atom is 0.282 e. The Labute approximate surface area is 260 Å². The average molecular weight is 617 g/mol. The van der Waals surface area contributed by atoms with Crippen molar-refractivity contribution < 1.29 is 14.2 Å². The number of hydrogen-bond donors (Lipinski definition) is 0. The third-order valence-electron chi connectivity index (χ3n) is 7.10. The lowest BCUT2D eigenvalue weighted by atomic mass is 9.96. The number of para-hydroxylation sites is 1. The molecule has 0 aliphatic carbocycles. The first-order valence-electron chi connectivity index (χ1n) is 13.7. The van der Waals surface area contributed by atoms with Gasteiger partial charge >= 0.3 is 0 Å². The smallest absolute Gasteiger partial charge is 0.282 e. The van der Waals surface area contributed by atoms with Crippen LogP contribution in [0, 0.1) is 6.92 Å². The van der Waals surface area contributed by atoms with Gasteiger partial charge in [-0.05, 0) is 72.0 Å². The van der Waals surface area contributed by atoms with Gasteiger partial charge in [0.15, 0.2) is 17.3 Å². The second-order valence-electron chi connectivity index (χ2n) is 10.3. The minimum atomic E-state index is -0.295. The lowest BCUT2D eigenvalue weighted by Crippen LogP contribution is -2.20. The standard InChI is InChI=1S/C34H31Cl2N3O4/c1-20(2)25-17-26(21(3)14-30(25)41-4)33-38-29-13-9-7-11-24(29)34(40)39(33)37-18-22-15-28(36)32(31(16-22)42-5)43-19-23-10-6-8-12-27(23)35/h6-18,20H,19H2,1-5H3. The number of nitrogens with zero attached hydrogens (tertiary/aromatic N) is 3. The van der Waals surface area contributed by atoms with Gasteiger partial charge < -0.3 is 14.2 Å². The van der Waals surface area contributed by atoms with Crippen LogP contribution < -0.4 is 19.8 Å². The fourth-order valence-electron chi connectivity index (χ4n) is 4.82. The number of benzene rings is 4. The lowest BCUT2D eigenvalue weighted by molar-refractivity contribution is 0.285. The monoisotopic (exact) mass is 615 g/mol. The topological polar surface area (TPSA) is 74.9 Å². The molecule has 0 spiro atoms. The molecule has 1 aromatic heterocycles. The molecular formula is C34H31Cl2N3O4. The first kappa shape index (κ1) is 30.1. The third kappa shape index (κ3) is 6.24. The quantitative estimate of drug-likeness (QED) is 0.156. The zero-order chi connectivity index (χ0) is 30.7. The lowest BCUT2D eigenvalue weighted by Gasteiger charge is -2.17. The SMILES string of the molecule is COc1cc(C)c(-c2nc3ccccc3c(=O)n2N=Cc2cc(Cl)c(OCc3ccccc3Cl)c(OC)c2)cc1C(C)C. The molecule has 0 unspecified atom stereocenters. The van der Waals surface area contributed by atoms with Gasteiger partial charge in [-0.15, -0.1) is 0 Å². The van der Waals surface area contributed by atoms with Crippen molar-refractivity contribution in [2.24, 2.45) is 5.10 Å². The summed E-state index contributed by atoms with van der Waals surface area (Å²) in [6.07, 6.45) is 1.55.